The minimum absolute atomic E-state index is 0.136. The van der Waals surface area contributed by atoms with Crippen molar-refractivity contribution in [3.8, 4) is 0 Å². The summed E-state index contributed by atoms with van der Waals surface area (Å²) in [5.41, 5.74) is 0.198. The molecule has 2 aliphatic rings. The summed E-state index contributed by atoms with van der Waals surface area (Å²) in [5.74, 6) is -0.528. The highest BCUT2D eigenvalue weighted by atomic mass is 19.1. The van der Waals surface area contributed by atoms with Gasteiger partial charge in [0.15, 0.2) is 0 Å². The van der Waals surface area contributed by atoms with Crippen molar-refractivity contribution < 1.29 is 18.7 Å². The molecule has 2 heterocycles. The number of halogens is 1. The van der Waals surface area contributed by atoms with E-state index >= 15 is 0 Å². The van der Waals surface area contributed by atoms with Gasteiger partial charge in [-0.1, -0.05) is 12.1 Å². The predicted octanol–water partition coefficient (Wildman–Crippen LogP) is 0.629. The molecule has 148 valence electrons. The Morgan fingerprint density at radius 2 is 1.78 bits per heavy atom. The number of nitrogens with one attached hydrogen (secondary N) is 1. The van der Waals surface area contributed by atoms with Crippen LogP contribution in [0.25, 0.3) is 0 Å². The molecule has 8 heteroatoms. The third kappa shape index (κ3) is 5.24. The van der Waals surface area contributed by atoms with Gasteiger partial charge in [-0.15, -0.1) is 0 Å². The van der Waals surface area contributed by atoms with E-state index in [-0.39, 0.29) is 23.5 Å². The third-order valence-corrected chi connectivity index (χ3v) is 5.19. The molecule has 2 fully saturated rings. The maximum Gasteiger partial charge on any atom is 0.241 e. The molecule has 2 amide bonds. The van der Waals surface area contributed by atoms with Gasteiger partial charge in [-0.2, -0.15) is 0 Å². The highest BCUT2D eigenvalue weighted by molar-refractivity contribution is 5.94. The van der Waals surface area contributed by atoms with Crippen molar-refractivity contribution in [2.45, 2.75) is 13.0 Å². The Balaban J connectivity index is 1.44. The van der Waals surface area contributed by atoms with Crippen LogP contribution < -0.4 is 5.32 Å². The predicted molar refractivity (Wildman–Crippen MR) is 99.9 cm³/mol. The topological polar surface area (TPSA) is 65.1 Å². The van der Waals surface area contributed by atoms with E-state index in [4.69, 9.17) is 4.74 Å². The number of carbonyl (C=O) groups excluding carboxylic acids is 2. The van der Waals surface area contributed by atoms with Crippen LogP contribution in [-0.2, 0) is 14.3 Å². The smallest absolute Gasteiger partial charge is 0.241 e. The Morgan fingerprint density at radius 1 is 1.11 bits per heavy atom. The number of ether oxygens (including phenoxy) is 1. The summed E-state index contributed by atoms with van der Waals surface area (Å²) < 4.78 is 19.0. The maximum absolute atomic E-state index is 13.7. The van der Waals surface area contributed by atoms with Crippen LogP contribution >= 0.6 is 0 Å². The Kier molecular flexibility index (Phi) is 6.76. The van der Waals surface area contributed by atoms with Gasteiger partial charge in [0.1, 0.15) is 5.82 Å². The number of rotatable bonds is 5. The minimum Gasteiger partial charge on any atom is -0.378 e. The molecular formula is C19H27FN4O3. The molecule has 0 aromatic heterocycles. The standard InChI is InChI=1S/C19H27FN4O3/c1-15(19(26)21-17-5-3-2-4-16(17)20)23-8-6-22(7-9-23)14-18(25)24-10-12-27-13-11-24/h2-5,15H,6-14H2,1H3,(H,21,26)/t15-/m1/s1. The van der Waals surface area contributed by atoms with Crippen molar-refractivity contribution in [2.24, 2.45) is 0 Å². The summed E-state index contributed by atoms with van der Waals surface area (Å²) in [7, 11) is 0. The van der Waals surface area contributed by atoms with Crippen molar-refractivity contribution in [3.05, 3.63) is 30.1 Å². The molecule has 2 saturated heterocycles. The fourth-order valence-corrected chi connectivity index (χ4v) is 3.38. The van der Waals surface area contributed by atoms with Crippen LogP contribution in [0.1, 0.15) is 6.92 Å². The molecule has 1 aromatic rings. The molecule has 2 aliphatic heterocycles. The fraction of sp³-hybridized carbons (Fsp3) is 0.579. The Hall–Kier alpha value is -2.03. The number of hydrogen-bond acceptors (Lipinski definition) is 5. The van der Waals surface area contributed by atoms with Crippen LogP contribution in [0, 0.1) is 5.82 Å². The average molecular weight is 378 g/mol. The van der Waals surface area contributed by atoms with E-state index in [1.54, 1.807) is 18.2 Å². The molecule has 1 aromatic carbocycles. The average Bonchev–Trinajstić information content (AvgIpc) is 2.70. The molecule has 27 heavy (non-hydrogen) atoms. The van der Waals surface area contributed by atoms with Gasteiger partial charge in [0.05, 0.1) is 31.5 Å². The summed E-state index contributed by atoms with van der Waals surface area (Å²) in [6, 6.07) is 5.79. The number of amides is 2. The third-order valence-electron chi connectivity index (χ3n) is 5.19. The molecule has 1 atom stereocenters. The highest BCUT2D eigenvalue weighted by Gasteiger charge is 2.28. The Bertz CT molecular complexity index is 658. The lowest BCUT2D eigenvalue weighted by Gasteiger charge is -2.38. The van der Waals surface area contributed by atoms with Gasteiger partial charge < -0.3 is 15.0 Å². The molecule has 0 unspecified atom stereocenters. The number of nitrogens with zero attached hydrogens (tertiary/aromatic N) is 3. The summed E-state index contributed by atoms with van der Waals surface area (Å²) in [6.07, 6.45) is 0. The van der Waals surface area contributed by atoms with E-state index in [1.807, 2.05) is 11.8 Å². The number of anilines is 1. The minimum atomic E-state index is -0.440. The Labute approximate surface area is 159 Å². The SMILES string of the molecule is C[C@H](C(=O)Nc1ccccc1F)N1CCN(CC(=O)N2CCOCC2)CC1. The first kappa shape index (κ1) is 19.7. The molecule has 1 N–H and O–H groups in total. The maximum atomic E-state index is 13.7. The van der Waals surface area contributed by atoms with Gasteiger partial charge in [0, 0.05) is 39.3 Å². The second-order valence-corrected chi connectivity index (χ2v) is 6.95. The summed E-state index contributed by atoms with van der Waals surface area (Å²) >= 11 is 0. The monoisotopic (exact) mass is 378 g/mol. The molecule has 0 radical (unpaired) electrons. The van der Waals surface area contributed by atoms with Crippen LogP contribution in [0.5, 0.6) is 0 Å². The van der Waals surface area contributed by atoms with Crippen molar-refractivity contribution in [2.75, 3.05) is 64.3 Å². The van der Waals surface area contributed by atoms with Gasteiger partial charge in [0.2, 0.25) is 11.8 Å². The quantitative estimate of drug-likeness (QED) is 0.814. The number of benzene rings is 1. The van der Waals surface area contributed by atoms with Crippen LogP contribution in [0.15, 0.2) is 24.3 Å². The van der Waals surface area contributed by atoms with E-state index in [0.717, 1.165) is 13.1 Å². The van der Waals surface area contributed by atoms with Crippen LogP contribution in [0.3, 0.4) is 0 Å². The van der Waals surface area contributed by atoms with Gasteiger partial charge in [-0.25, -0.2) is 4.39 Å². The molecule has 0 aliphatic carbocycles. The summed E-state index contributed by atoms with van der Waals surface area (Å²) in [4.78, 5) is 30.8. The normalized spacial score (nSPS) is 20.3. The van der Waals surface area contributed by atoms with E-state index in [2.05, 4.69) is 15.1 Å². The number of hydrogen-bond donors (Lipinski definition) is 1. The summed E-state index contributed by atoms with van der Waals surface area (Å²) in [6.45, 7) is 7.61. The zero-order valence-electron chi connectivity index (χ0n) is 15.7. The number of morpholine rings is 1. The van der Waals surface area contributed by atoms with E-state index < -0.39 is 5.82 Å². The zero-order valence-corrected chi connectivity index (χ0v) is 15.7. The lowest BCUT2D eigenvalue weighted by atomic mass is 10.2. The molecule has 7 nitrogen and oxygen atoms in total. The van der Waals surface area contributed by atoms with Crippen molar-refractivity contribution in [3.63, 3.8) is 0 Å². The van der Waals surface area contributed by atoms with E-state index in [1.165, 1.54) is 6.07 Å². The lowest BCUT2D eigenvalue weighted by Crippen LogP contribution is -2.55. The molecule has 0 bridgehead atoms. The Morgan fingerprint density at radius 3 is 2.44 bits per heavy atom. The number of para-hydroxylation sites is 1. The first-order chi connectivity index (χ1) is 13.0. The second kappa shape index (κ2) is 9.25. The fourth-order valence-electron chi connectivity index (χ4n) is 3.38. The molecular weight excluding hydrogens is 351 g/mol. The molecule has 3 rings (SSSR count). The lowest BCUT2D eigenvalue weighted by molar-refractivity contribution is -0.137. The van der Waals surface area contributed by atoms with Crippen molar-refractivity contribution in [1.82, 2.24) is 14.7 Å². The van der Waals surface area contributed by atoms with E-state index in [9.17, 15) is 14.0 Å². The molecule has 0 spiro atoms. The summed E-state index contributed by atoms with van der Waals surface area (Å²) in [5, 5.41) is 2.65. The highest BCUT2D eigenvalue weighted by Crippen LogP contribution is 2.14. The molecule has 0 saturated carbocycles. The van der Waals surface area contributed by atoms with Crippen LogP contribution in [-0.4, -0.2) is 91.6 Å². The van der Waals surface area contributed by atoms with Crippen LogP contribution in [0.4, 0.5) is 10.1 Å². The van der Waals surface area contributed by atoms with Gasteiger partial charge in [0.25, 0.3) is 0 Å². The van der Waals surface area contributed by atoms with Crippen molar-refractivity contribution in [1.29, 1.82) is 0 Å². The zero-order chi connectivity index (χ0) is 19.2. The first-order valence-corrected chi connectivity index (χ1v) is 9.42. The van der Waals surface area contributed by atoms with E-state index in [0.29, 0.717) is 45.9 Å². The van der Waals surface area contributed by atoms with Crippen molar-refractivity contribution >= 4 is 17.5 Å². The van der Waals surface area contributed by atoms with Crippen LogP contribution in [0.2, 0.25) is 0 Å². The first-order valence-electron chi connectivity index (χ1n) is 9.42. The number of piperazine rings is 1. The van der Waals surface area contributed by atoms with Gasteiger partial charge in [-0.05, 0) is 19.1 Å². The second-order valence-electron chi connectivity index (χ2n) is 6.95. The van der Waals surface area contributed by atoms with Gasteiger partial charge >= 0.3 is 0 Å². The van der Waals surface area contributed by atoms with Gasteiger partial charge in [-0.3, -0.25) is 19.4 Å². The largest absolute Gasteiger partial charge is 0.378 e. The number of carbonyl (C=O) groups is 2.